The summed E-state index contributed by atoms with van der Waals surface area (Å²) in [7, 11) is 0. The summed E-state index contributed by atoms with van der Waals surface area (Å²) in [6, 6.07) is 0. The highest BCUT2D eigenvalue weighted by molar-refractivity contribution is 5.79. The summed E-state index contributed by atoms with van der Waals surface area (Å²) < 4.78 is 13.9. The van der Waals surface area contributed by atoms with Gasteiger partial charge in [0, 0.05) is 5.92 Å². The molecular weight excluding hydrogens is 287 g/mol. The molecule has 4 unspecified atom stereocenters. The van der Waals surface area contributed by atoms with E-state index >= 15 is 0 Å². The maximum absolute atomic E-state index is 13.9. The third kappa shape index (κ3) is 2.12. The van der Waals surface area contributed by atoms with E-state index in [0.717, 1.165) is 25.7 Å². The highest BCUT2D eigenvalue weighted by Gasteiger charge is 2.59. The quantitative estimate of drug-likeness (QED) is 0.596. The molecule has 3 saturated carbocycles. The van der Waals surface area contributed by atoms with E-state index < -0.39 is 6.17 Å². The smallest absolute Gasteiger partial charge is 0.133 e. The number of halogens is 1. The molecule has 0 bridgehead atoms. The number of hydrogen-bond acceptors (Lipinski definition) is 1. The van der Waals surface area contributed by atoms with E-state index in [2.05, 4.69) is 26.0 Å². The Morgan fingerprint density at radius 1 is 1.00 bits per heavy atom. The van der Waals surface area contributed by atoms with Gasteiger partial charge in [-0.1, -0.05) is 26.0 Å². The fourth-order valence-electron chi connectivity index (χ4n) is 7.24. The van der Waals surface area contributed by atoms with E-state index in [1.54, 1.807) is 6.92 Å². The van der Waals surface area contributed by atoms with Gasteiger partial charge in [0.25, 0.3) is 0 Å². The molecule has 4 aliphatic carbocycles. The van der Waals surface area contributed by atoms with Crippen LogP contribution >= 0.6 is 0 Å². The third-order valence-corrected chi connectivity index (χ3v) is 8.59. The molecule has 0 saturated heterocycles. The normalized spacial score (nSPS) is 55.0. The van der Waals surface area contributed by atoms with Crippen molar-refractivity contribution in [2.45, 2.75) is 71.9 Å². The highest BCUT2D eigenvalue weighted by Crippen LogP contribution is 2.66. The van der Waals surface area contributed by atoms with Crippen molar-refractivity contribution in [2.75, 3.05) is 0 Å². The lowest BCUT2D eigenvalue weighted by Crippen LogP contribution is -2.52. The van der Waals surface area contributed by atoms with Crippen LogP contribution in [0.3, 0.4) is 0 Å². The molecule has 4 aliphatic rings. The predicted octanol–water partition coefficient (Wildman–Crippen LogP) is 5.35. The molecule has 0 radical (unpaired) electrons. The van der Waals surface area contributed by atoms with Crippen LogP contribution in [-0.2, 0) is 4.79 Å². The van der Waals surface area contributed by atoms with Gasteiger partial charge in [0.05, 0.1) is 0 Å². The highest BCUT2D eigenvalue weighted by atomic mass is 19.1. The second-order valence-corrected chi connectivity index (χ2v) is 9.44. The summed E-state index contributed by atoms with van der Waals surface area (Å²) >= 11 is 0. The fourth-order valence-corrected chi connectivity index (χ4v) is 7.24. The van der Waals surface area contributed by atoms with Gasteiger partial charge in [0.15, 0.2) is 0 Å². The van der Waals surface area contributed by atoms with Crippen LogP contribution in [0.2, 0.25) is 0 Å². The van der Waals surface area contributed by atoms with Crippen molar-refractivity contribution in [3.05, 3.63) is 12.2 Å². The van der Waals surface area contributed by atoms with Gasteiger partial charge >= 0.3 is 0 Å². The zero-order valence-corrected chi connectivity index (χ0v) is 14.9. The van der Waals surface area contributed by atoms with Crippen molar-refractivity contribution >= 4 is 5.78 Å². The van der Waals surface area contributed by atoms with E-state index in [0.29, 0.717) is 29.5 Å². The van der Waals surface area contributed by atoms with Crippen LogP contribution < -0.4 is 0 Å². The maximum atomic E-state index is 13.9. The Balaban J connectivity index is 1.67. The van der Waals surface area contributed by atoms with Gasteiger partial charge in [-0.05, 0) is 86.4 Å². The molecule has 23 heavy (non-hydrogen) atoms. The Labute approximate surface area is 140 Å². The van der Waals surface area contributed by atoms with E-state index in [1.165, 1.54) is 19.3 Å². The molecule has 0 aliphatic heterocycles. The topological polar surface area (TPSA) is 17.1 Å². The first-order chi connectivity index (χ1) is 10.9. The monoisotopic (exact) mass is 318 g/mol. The van der Waals surface area contributed by atoms with E-state index in [4.69, 9.17) is 0 Å². The van der Waals surface area contributed by atoms with Crippen molar-refractivity contribution in [3.8, 4) is 0 Å². The number of alkyl halides is 1. The summed E-state index contributed by atoms with van der Waals surface area (Å²) in [6.45, 7) is 6.61. The van der Waals surface area contributed by atoms with Crippen molar-refractivity contribution in [2.24, 2.45) is 40.4 Å². The second-order valence-electron chi connectivity index (χ2n) is 9.44. The minimum absolute atomic E-state index is 0.206. The summed E-state index contributed by atoms with van der Waals surface area (Å²) in [4.78, 5) is 12.1. The van der Waals surface area contributed by atoms with Gasteiger partial charge in [0.1, 0.15) is 12.0 Å². The molecule has 2 heteroatoms. The van der Waals surface area contributed by atoms with Crippen LogP contribution in [0, 0.1) is 40.4 Å². The Morgan fingerprint density at radius 2 is 1.70 bits per heavy atom. The number of rotatable bonds is 1. The van der Waals surface area contributed by atoms with E-state index in [9.17, 15) is 9.18 Å². The zero-order chi connectivity index (χ0) is 16.4. The first-order valence-electron chi connectivity index (χ1n) is 9.69. The molecule has 4 rings (SSSR count). The lowest BCUT2D eigenvalue weighted by Gasteiger charge is -2.58. The molecule has 1 nitrogen and oxygen atoms in total. The summed E-state index contributed by atoms with van der Waals surface area (Å²) in [5, 5.41) is 0. The van der Waals surface area contributed by atoms with Gasteiger partial charge in [-0.25, -0.2) is 4.39 Å². The molecule has 0 aromatic carbocycles. The minimum Gasteiger partial charge on any atom is -0.300 e. The van der Waals surface area contributed by atoms with Crippen LogP contribution in [0.1, 0.15) is 65.7 Å². The molecular formula is C21H31FO. The summed E-state index contributed by atoms with van der Waals surface area (Å²) in [5.74, 6) is 3.09. The van der Waals surface area contributed by atoms with E-state index in [1.807, 2.05) is 0 Å². The van der Waals surface area contributed by atoms with Crippen LogP contribution in [0.5, 0.6) is 0 Å². The lowest BCUT2D eigenvalue weighted by atomic mass is 9.46. The van der Waals surface area contributed by atoms with Gasteiger partial charge in [0.2, 0.25) is 0 Å². The Kier molecular flexibility index (Phi) is 3.56. The molecule has 0 heterocycles. The average molecular weight is 318 g/mol. The van der Waals surface area contributed by atoms with Gasteiger partial charge < -0.3 is 0 Å². The maximum Gasteiger partial charge on any atom is 0.133 e. The summed E-state index contributed by atoms with van der Waals surface area (Å²) in [5.41, 5.74) is 0.496. The molecule has 0 aromatic rings. The van der Waals surface area contributed by atoms with Crippen molar-refractivity contribution in [3.63, 3.8) is 0 Å². The average Bonchev–Trinajstić information content (AvgIpc) is 2.85. The largest absolute Gasteiger partial charge is 0.300 e. The summed E-state index contributed by atoms with van der Waals surface area (Å²) in [6.07, 6.45) is 11.4. The Morgan fingerprint density at radius 3 is 2.43 bits per heavy atom. The molecule has 8 atom stereocenters. The Bertz CT molecular complexity index is 540. The van der Waals surface area contributed by atoms with Crippen LogP contribution in [0.25, 0.3) is 0 Å². The second kappa shape index (κ2) is 5.17. The first kappa shape index (κ1) is 15.8. The molecule has 128 valence electrons. The molecule has 0 N–H and O–H groups in total. The molecule has 0 spiro atoms. The van der Waals surface area contributed by atoms with Gasteiger partial charge in [-0.2, -0.15) is 0 Å². The van der Waals surface area contributed by atoms with Crippen LogP contribution in [0.4, 0.5) is 4.39 Å². The predicted molar refractivity (Wildman–Crippen MR) is 90.7 cm³/mol. The zero-order valence-electron chi connectivity index (χ0n) is 14.9. The van der Waals surface area contributed by atoms with Gasteiger partial charge in [-0.15, -0.1) is 0 Å². The molecule has 0 aromatic heterocycles. The molecule has 3 fully saturated rings. The van der Waals surface area contributed by atoms with Crippen molar-refractivity contribution < 1.29 is 9.18 Å². The number of Topliss-reactive ketones (excluding diaryl/α,β-unsaturated/α-hetero) is 1. The standard InChI is InChI=1S/C21H31FO/c1-13(23)17-6-7-18-16-5-4-14-12-15(22)8-10-20(14,2)19(16)9-11-21(17,18)3/h4-5,14-19H,6-12H2,1-3H3/t14?,15-,16?,17+,18?,19?,20-,21+/m0/s1. The number of allylic oxidation sites excluding steroid dienone is 2. The van der Waals surface area contributed by atoms with Crippen molar-refractivity contribution in [1.29, 1.82) is 0 Å². The van der Waals surface area contributed by atoms with E-state index in [-0.39, 0.29) is 16.7 Å². The Hall–Kier alpha value is -0.660. The van der Waals surface area contributed by atoms with Crippen LogP contribution in [0.15, 0.2) is 12.2 Å². The first-order valence-corrected chi connectivity index (χ1v) is 9.69. The number of fused-ring (bicyclic) bond motifs is 5. The van der Waals surface area contributed by atoms with Gasteiger partial charge in [-0.3, -0.25) is 4.79 Å². The fraction of sp³-hybridized carbons (Fsp3) is 0.857. The lowest BCUT2D eigenvalue weighted by molar-refractivity contribution is -0.127. The van der Waals surface area contributed by atoms with Crippen molar-refractivity contribution in [1.82, 2.24) is 0 Å². The third-order valence-electron chi connectivity index (χ3n) is 8.59. The number of carbonyl (C=O) groups is 1. The number of ketones is 1. The minimum atomic E-state index is -0.600. The van der Waals surface area contributed by atoms with Crippen LogP contribution in [-0.4, -0.2) is 12.0 Å². The molecule has 0 amide bonds. The SMILES string of the molecule is CC(=O)[C@H]1CCC2C3C=CC4C[C@@H](F)CC[C@]4(C)C3CC[C@@]21C. The number of carbonyl (C=O) groups excluding carboxylic acids is 1. The number of hydrogen-bond donors (Lipinski definition) is 0.